The van der Waals surface area contributed by atoms with Gasteiger partial charge in [0.1, 0.15) is 17.7 Å². The van der Waals surface area contributed by atoms with Crippen LogP contribution < -0.4 is 5.32 Å². The third-order valence-corrected chi connectivity index (χ3v) is 1.65. The van der Waals surface area contributed by atoms with E-state index in [1.165, 1.54) is 12.1 Å². The zero-order valence-corrected chi connectivity index (χ0v) is 7.76. The van der Waals surface area contributed by atoms with Gasteiger partial charge in [0.05, 0.1) is 5.69 Å². The minimum Gasteiger partial charge on any atom is -0.357 e. The maximum absolute atomic E-state index is 13.0. The van der Waals surface area contributed by atoms with Crippen molar-refractivity contribution < 1.29 is 13.2 Å². The Labute approximate surface area is 89.0 Å². The van der Waals surface area contributed by atoms with Crippen molar-refractivity contribution in [1.29, 1.82) is 10.5 Å². The van der Waals surface area contributed by atoms with Crippen LogP contribution in [0.15, 0.2) is 23.9 Å². The fourth-order valence-corrected chi connectivity index (χ4v) is 0.877. The van der Waals surface area contributed by atoms with Gasteiger partial charge in [0, 0.05) is 6.20 Å². The van der Waals surface area contributed by atoms with Gasteiger partial charge in [0.2, 0.25) is 0 Å². The summed E-state index contributed by atoms with van der Waals surface area (Å²) in [6.07, 6.45) is 0.899. The third-order valence-electron chi connectivity index (χ3n) is 1.65. The molecule has 1 aromatic carbocycles. The van der Waals surface area contributed by atoms with Crippen LogP contribution in [0, 0.1) is 40.1 Å². The van der Waals surface area contributed by atoms with Crippen LogP contribution in [0.1, 0.15) is 0 Å². The van der Waals surface area contributed by atoms with E-state index in [4.69, 9.17) is 10.5 Å². The minimum absolute atomic E-state index is 0.316. The zero-order valence-electron chi connectivity index (χ0n) is 7.76. The largest absolute Gasteiger partial charge is 0.357 e. The van der Waals surface area contributed by atoms with Gasteiger partial charge in [-0.1, -0.05) is 0 Å². The Hall–Kier alpha value is -2.47. The molecule has 0 bridgehead atoms. The Bertz CT molecular complexity index is 507. The van der Waals surface area contributed by atoms with E-state index in [-0.39, 0.29) is 11.3 Å². The molecule has 0 atom stereocenters. The number of benzene rings is 1. The number of nitriles is 2. The van der Waals surface area contributed by atoms with Crippen LogP contribution in [-0.4, -0.2) is 0 Å². The highest BCUT2D eigenvalue weighted by molar-refractivity contribution is 5.50. The van der Waals surface area contributed by atoms with Crippen molar-refractivity contribution in [3.8, 4) is 12.1 Å². The lowest BCUT2D eigenvalue weighted by molar-refractivity contribution is 0.449. The first-order valence-corrected chi connectivity index (χ1v) is 4.00. The van der Waals surface area contributed by atoms with Gasteiger partial charge in [0.25, 0.3) is 0 Å². The summed E-state index contributed by atoms with van der Waals surface area (Å²) in [5.41, 5.74) is -0.675. The molecule has 80 valence electrons. The highest BCUT2D eigenvalue weighted by Crippen LogP contribution is 2.19. The van der Waals surface area contributed by atoms with Crippen LogP contribution in [0.5, 0.6) is 0 Å². The predicted octanol–water partition coefficient (Wildman–Crippen LogP) is 2.45. The van der Waals surface area contributed by atoms with Crippen molar-refractivity contribution in [2.75, 3.05) is 5.32 Å². The minimum atomic E-state index is -1.62. The van der Waals surface area contributed by atoms with E-state index in [1.807, 2.05) is 0 Å². The zero-order chi connectivity index (χ0) is 12.1. The van der Waals surface area contributed by atoms with E-state index in [0.29, 0.717) is 0 Å². The number of rotatable bonds is 2. The van der Waals surface area contributed by atoms with E-state index in [2.05, 4.69) is 5.32 Å². The van der Waals surface area contributed by atoms with Gasteiger partial charge in [-0.25, -0.2) is 13.2 Å². The third kappa shape index (κ3) is 2.31. The molecule has 0 saturated carbocycles. The number of hydrogen-bond donors (Lipinski definition) is 1. The first kappa shape index (κ1) is 11.6. The van der Waals surface area contributed by atoms with Gasteiger partial charge < -0.3 is 5.32 Å². The van der Waals surface area contributed by atoms with Gasteiger partial charge in [-0.15, -0.1) is 0 Å². The highest BCUT2D eigenvalue weighted by Gasteiger charge is 2.12. The van der Waals surface area contributed by atoms with Crippen molar-refractivity contribution >= 4 is 5.69 Å². The first-order chi connectivity index (χ1) is 7.60. The summed E-state index contributed by atoms with van der Waals surface area (Å²) in [5, 5.41) is 18.9. The molecule has 1 aromatic rings. The van der Waals surface area contributed by atoms with Crippen LogP contribution in [0.2, 0.25) is 0 Å². The fourth-order valence-electron chi connectivity index (χ4n) is 0.877. The molecular weight excluding hydrogens is 219 g/mol. The molecule has 0 spiro atoms. The quantitative estimate of drug-likeness (QED) is 0.618. The summed E-state index contributed by atoms with van der Waals surface area (Å²) >= 11 is 0. The lowest BCUT2D eigenvalue weighted by atomic mass is 10.2. The van der Waals surface area contributed by atoms with E-state index < -0.39 is 17.5 Å². The van der Waals surface area contributed by atoms with E-state index in [9.17, 15) is 13.2 Å². The molecule has 3 nitrogen and oxygen atoms in total. The molecule has 16 heavy (non-hydrogen) atoms. The van der Waals surface area contributed by atoms with Crippen LogP contribution >= 0.6 is 0 Å². The summed E-state index contributed by atoms with van der Waals surface area (Å²) in [5.74, 6) is -4.34. The molecular formula is C10H4F3N3. The van der Waals surface area contributed by atoms with Gasteiger partial charge in [0.15, 0.2) is 17.5 Å². The molecule has 0 heterocycles. The van der Waals surface area contributed by atoms with E-state index in [0.717, 1.165) is 18.3 Å². The van der Waals surface area contributed by atoms with Gasteiger partial charge in [-0.2, -0.15) is 10.5 Å². The maximum atomic E-state index is 13.0. The van der Waals surface area contributed by atoms with Gasteiger partial charge >= 0.3 is 0 Å². The van der Waals surface area contributed by atoms with Crippen LogP contribution in [0.4, 0.5) is 18.9 Å². The number of anilines is 1. The summed E-state index contributed by atoms with van der Waals surface area (Å²) in [6.45, 7) is 0. The number of hydrogen-bond acceptors (Lipinski definition) is 3. The number of nitrogens with one attached hydrogen (secondary N) is 1. The van der Waals surface area contributed by atoms with Crippen LogP contribution in [-0.2, 0) is 0 Å². The van der Waals surface area contributed by atoms with Crippen molar-refractivity contribution in [3.63, 3.8) is 0 Å². The van der Waals surface area contributed by atoms with Crippen molar-refractivity contribution in [2.45, 2.75) is 0 Å². The lowest BCUT2D eigenvalue weighted by Gasteiger charge is -2.03. The molecule has 1 rings (SSSR count). The molecule has 0 aliphatic heterocycles. The molecule has 1 N–H and O–H groups in total. The summed E-state index contributed by atoms with van der Waals surface area (Å²) in [7, 11) is 0. The summed E-state index contributed by atoms with van der Waals surface area (Å²) in [4.78, 5) is 0. The van der Waals surface area contributed by atoms with E-state index in [1.54, 1.807) is 0 Å². The Morgan fingerprint density at radius 3 is 2.31 bits per heavy atom. The Morgan fingerprint density at radius 1 is 1.12 bits per heavy atom. The molecule has 0 unspecified atom stereocenters. The molecule has 0 aliphatic rings. The Kier molecular flexibility index (Phi) is 3.52. The highest BCUT2D eigenvalue weighted by atomic mass is 19.2. The van der Waals surface area contributed by atoms with Crippen molar-refractivity contribution in [2.24, 2.45) is 0 Å². The fraction of sp³-hybridized carbons (Fsp3) is 0. The molecule has 0 aliphatic carbocycles. The maximum Gasteiger partial charge on any atom is 0.196 e. The SMILES string of the molecule is N#CC(C#N)=CNc1ccc(F)c(F)c1F. The van der Waals surface area contributed by atoms with Gasteiger partial charge in [-0.05, 0) is 12.1 Å². The number of allylic oxidation sites excluding steroid dienone is 1. The molecule has 0 fully saturated rings. The molecule has 0 aromatic heterocycles. The molecule has 0 amide bonds. The van der Waals surface area contributed by atoms with E-state index >= 15 is 0 Å². The second-order valence-electron chi connectivity index (χ2n) is 2.65. The molecule has 0 radical (unpaired) electrons. The Balaban J connectivity index is 3.02. The first-order valence-electron chi connectivity index (χ1n) is 4.00. The Morgan fingerprint density at radius 2 is 1.75 bits per heavy atom. The second-order valence-corrected chi connectivity index (χ2v) is 2.65. The smallest absolute Gasteiger partial charge is 0.196 e. The monoisotopic (exact) mass is 223 g/mol. The number of halogens is 3. The molecule has 0 saturated heterocycles. The topological polar surface area (TPSA) is 59.6 Å². The average molecular weight is 223 g/mol. The van der Waals surface area contributed by atoms with Crippen molar-refractivity contribution in [1.82, 2.24) is 0 Å². The van der Waals surface area contributed by atoms with Gasteiger partial charge in [-0.3, -0.25) is 0 Å². The number of nitrogens with zero attached hydrogens (tertiary/aromatic N) is 2. The normalized spacial score (nSPS) is 8.81. The molecule has 6 heteroatoms. The summed E-state index contributed by atoms with van der Waals surface area (Å²) < 4.78 is 38.3. The second kappa shape index (κ2) is 4.85. The van der Waals surface area contributed by atoms with Crippen molar-refractivity contribution in [3.05, 3.63) is 41.4 Å². The standard InChI is InChI=1S/C10H4F3N3/c11-7-1-2-8(10(13)9(7)12)16-5-6(3-14)4-15/h1-2,5,16H. The predicted molar refractivity (Wildman–Crippen MR) is 49.2 cm³/mol. The average Bonchev–Trinajstić information content (AvgIpc) is 2.30. The van der Waals surface area contributed by atoms with Crippen LogP contribution in [0.3, 0.4) is 0 Å². The summed E-state index contributed by atoms with van der Waals surface area (Å²) in [6, 6.07) is 4.71. The lowest BCUT2D eigenvalue weighted by Crippen LogP contribution is -1.98. The van der Waals surface area contributed by atoms with Crippen LogP contribution in [0.25, 0.3) is 0 Å².